The Morgan fingerprint density at radius 2 is 2.25 bits per heavy atom. The van der Waals surface area contributed by atoms with E-state index in [0.717, 1.165) is 31.6 Å². The number of hydrogen-bond donors (Lipinski definition) is 1. The maximum absolute atomic E-state index is 10.8. The van der Waals surface area contributed by atoms with Crippen LogP contribution >= 0.6 is 11.8 Å². The average molecular weight is 290 g/mol. The number of aliphatic hydroxyl groups excluding tert-OH is 1. The van der Waals surface area contributed by atoms with Crippen LogP contribution in [0.5, 0.6) is 0 Å². The maximum atomic E-state index is 10.8. The highest BCUT2D eigenvalue weighted by Gasteiger charge is 2.45. The molecule has 4 unspecified atom stereocenters. The van der Waals surface area contributed by atoms with Crippen molar-refractivity contribution in [1.82, 2.24) is 0 Å². The van der Waals surface area contributed by atoms with Crippen molar-refractivity contribution in [2.75, 3.05) is 18.1 Å². The molecule has 0 saturated carbocycles. The van der Waals surface area contributed by atoms with Crippen LogP contribution in [0.15, 0.2) is 24.3 Å². The van der Waals surface area contributed by atoms with Crippen LogP contribution < -0.4 is 0 Å². The molecule has 1 N–H and O–H groups in total. The zero-order chi connectivity index (χ0) is 13.6. The predicted molar refractivity (Wildman–Crippen MR) is 82.2 cm³/mol. The fourth-order valence-corrected chi connectivity index (χ4v) is 5.53. The monoisotopic (exact) mass is 290 g/mol. The quantitative estimate of drug-likeness (QED) is 0.908. The predicted octanol–water partition coefficient (Wildman–Crippen LogP) is 2.99. The lowest BCUT2D eigenvalue weighted by atomic mass is 9.68. The minimum atomic E-state index is -0.184. The second-order valence-corrected chi connectivity index (χ2v) is 7.69. The number of aliphatic hydroxyl groups is 1. The molecule has 2 aliphatic heterocycles. The molecular weight excluding hydrogens is 268 g/mol. The zero-order valence-electron chi connectivity index (χ0n) is 11.8. The van der Waals surface area contributed by atoms with Gasteiger partial charge in [0.1, 0.15) is 0 Å². The molecule has 4 atom stereocenters. The normalized spacial score (nSPS) is 37.5. The molecule has 0 aromatic heterocycles. The summed E-state index contributed by atoms with van der Waals surface area (Å²) in [6, 6.07) is 8.57. The van der Waals surface area contributed by atoms with Crippen LogP contribution in [0.2, 0.25) is 0 Å². The summed E-state index contributed by atoms with van der Waals surface area (Å²) in [5, 5.41) is 10.8. The van der Waals surface area contributed by atoms with Crippen LogP contribution in [0.3, 0.4) is 0 Å². The van der Waals surface area contributed by atoms with E-state index in [2.05, 4.69) is 24.3 Å². The Labute approximate surface area is 124 Å². The van der Waals surface area contributed by atoms with Gasteiger partial charge in [-0.2, -0.15) is 11.8 Å². The molecule has 4 rings (SSSR count). The Kier molecular flexibility index (Phi) is 3.32. The molecule has 2 saturated heterocycles. The second-order valence-electron chi connectivity index (χ2n) is 6.59. The third-order valence-electron chi connectivity index (χ3n) is 5.39. The van der Waals surface area contributed by atoms with Crippen LogP contribution in [0.25, 0.3) is 0 Å². The fraction of sp³-hybridized carbons (Fsp3) is 0.647. The van der Waals surface area contributed by atoms with Gasteiger partial charge in [-0.25, -0.2) is 0 Å². The van der Waals surface area contributed by atoms with Gasteiger partial charge >= 0.3 is 0 Å². The first kappa shape index (κ1) is 13.2. The van der Waals surface area contributed by atoms with Crippen molar-refractivity contribution in [2.24, 2.45) is 5.92 Å². The first-order valence-electron chi connectivity index (χ1n) is 7.75. The third kappa shape index (κ3) is 2.11. The summed E-state index contributed by atoms with van der Waals surface area (Å²) < 4.78 is 6.08. The number of benzene rings is 1. The van der Waals surface area contributed by atoms with Crippen LogP contribution in [-0.4, -0.2) is 34.9 Å². The number of hydrogen-bond acceptors (Lipinski definition) is 3. The summed E-state index contributed by atoms with van der Waals surface area (Å²) in [5.41, 5.74) is 2.88. The highest BCUT2D eigenvalue weighted by atomic mass is 32.2. The Morgan fingerprint density at radius 3 is 3.05 bits per heavy atom. The third-order valence-corrected chi connectivity index (χ3v) is 6.61. The zero-order valence-corrected chi connectivity index (χ0v) is 12.6. The van der Waals surface area contributed by atoms with E-state index in [1.54, 1.807) is 0 Å². The molecule has 2 fully saturated rings. The highest BCUT2D eigenvalue weighted by molar-refractivity contribution is 7.99. The van der Waals surface area contributed by atoms with E-state index >= 15 is 0 Å². The molecule has 0 amide bonds. The van der Waals surface area contributed by atoms with E-state index in [4.69, 9.17) is 4.74 Å². The Balaban J connectivity index is 1.48. The lowest BCUT2D eigenvalue weighted by Crippen LogP contribution is -2.45. The van der Waals surface area contributed by atoms with Crippen LogP contribution in [-0.2, 0) is 11.2 Å². The van der Waals surface area contributed by atoms with Crippen LogP contribution in [0.4, 0.5) is 0 Å². The van der Waals surface area contributed by atoms with Gasteiger partial charge in [-0.15, -0.1) is 0 Å². The Bertz CT molecular complexity index is 496. The van der Waals surface area contributed by atoms with Gasteiger partial charge in [0, 0.05) is 18.3 Å². The summed E-state index contributed by atoms with van der Waals surface area (Å²) >= 11 is 2.00. The summed E-state index contributed by atoms with van der Waals surface area (Å²) in [6.07, 6.45) is 4.11. The lowest BCUT2D eigenvalue weighted by molar-refractivity contribution is -0.105. The molecule has 2 nitrogen and oxygen atoms in total. The highest BCUT2D eigenvalue weighted by Crippen LogP contribution is 2.46. The van der Waals surface area contributed by atoms with Gasteiger partial charge in [-0.3, -0.25) is 0 Å². The number of fused-ring (bicyclic) bond motifs is 1. The summed E-state index contributed by atoms with van der Waals surface area (Å²) in [5.74, 6) is 3.12. The van der Waals surface area contributed by atoms with Crippen LogP contribution in [0.1, 0.15) is 36.3 Å². The average Bonchev–Trinajstić information content (AvgIpc) is 2.88. The molecule has 0 radical (unpaired) electrons. The molecule has 3 aliphatic rings. The van der Waals surface area contributed by atoms with Gasteiger partial charge in [-0.05, 0) is 48.5 Å². The molecule has 1 aromatic rings. The Morgan fingerprint density at radius 1 is 1.35 bits per heavy atom. The summed E-state index contributed by atoms with van der Waals surface area (Å²) in [6.45, 7) is 0.830. The van der Waals surface area contributed by atoms with E-state index in [9.17, 15) is 5.11 Å². The van der Waals surface area contributed by atoms with Gasteiger partial charge < -0.3 is 9.84 Å². The van der Waals surface area contributed by atoms with Crippen molar-refractivity contribution in [3.63, 3.8) is 0 Å². The number of thioether (sulfide) groups is 1. The van der Waals surface area contributed by atoms with E-state index in [0.29, 0.717) is 11.8 Å². The van der Waals surface area contributed by atoms with Gasteiger partial charge in [0.15, 0.2) is 0 Å². The van der Waals surface area contributed by atoms with Crippen molar-refractivity contribution >= 4 is 11.8 Å². The maximum Gasteiger partial charge on any atom is 0.0783 e. The van der Waals surface area contributed by atoms with E-state index in [1.807, 2.05) is 11.8 Å². The molecule has 3 heteroatoms. The number of ether oxygens (including phenoxy) is 1. The van der Waals surface area contributed by atoms with Gasteiger partial charge in [-0.1, -0.05) is 24.3 Å². The molecule has 1 spiro atoms. The van der Waals surface area contributed by atoms with Gasteiger partial charge in [0.2, 0.25) is 0 Å². The van der Waals surface area contributed by atoms with Crippen molar-refractivity contribution in [3.05, 3.63) is 35.4 Å². The minimum Gasteiger partial charge on any atom is -0.392 e. The molecule has 108 valence electrons. The van der Waals surface area contributed by atoms with Crippen molar-refractivity contribution in [1.29, 1.82) is 0 Å². The van der Waals surface area contributed by atoms with Crippen molar-refractivity contribution < 1.29 is 9.84 Å². The smallest absolute Gasteiger partial charge is 0.0783 e. The largest absolute Gasteiger partial charge is 0.392 e. The van der Waals surface area contributed by atoms with Crippen molar-refractivity contribution in [2.45, 2.75) is 43.3 Å². The lowest BCUT2D eigenvalue weighted by Gasteiger charge is -2.43. The van der Waals surface area contributed by atoms with Gasteiger partial charge in [0.25, 0.3) is 0 Å². The standard InChI is InChI=1S/C17H22O2S/c18-16(15-9-12-3-1-2-4-14(12)15)13-5-7-19-17(10-13)6-8-20-11-17/h1-4,13,15-16,18H,5-11H2. The number of rotatable bonds is 2. The molecular formula is C17H22O2S. The Hall–Kier alpha value is -0.510. The molecule has 1 aliphatic carbocycles. The van der Waals surface area contributed by atoms with Gasteiger partial charge in [0.05, 0.1) is 11.7 Å². The summed E-state index contributed by atoms with van der Waals surface area (Å²) in [4.78, 5) is 0. The van der Waals surface area contributed by atoms with E-state index in [1.165, 1.54) is 23.3 Å². The summed E-state index contributed by atoms with van der Waals surface area (Å²) in [7, 11) is 0. The first-order chi connectivity index (χ1) is 9.77. The second kappa shape index (κ2) is 5.04. The molecule has 1 aromatic carbocycles. The molecule has 0 bridgehead atoms. The van der Waals surface area contributed by atoms with Crippen LogP contribution in [0, 0.1) is 5.92 Å². The molecule has 20 heavy (non-hydrogen) atoms. The fourth-order valence-electron chi connectivity index (χ4n) is 4.15. The first-order valence-corrected chi connectivity index (χ1v) is 8.90. The van der Waals surface area contributed by atoms with E-state index in [-0.39, 0.29) is 11.7 Å². The SMILES string of the molecule is OC(C1CCOC2(CCSC2)C1)C1Cc2ccccc21. The topological polar surface area (TPSA) is 29.5 Å². The van der Waals surface area contributed by atoms with Crippen molar-refractivity contribution in [3.8, 4) is 0 Å². The van der Waals surface area contributed by atoms with E-state index < -0.39 is 0 Å². The minimum absolute atomic E-state index is 0.0812. The molecule has 2 heterocycles.